The highest BCUT2D eigenvalue weighted by Gasteiger charge is 2.27. The zero-order chi connectivity index (χ0) is 29.8. The van der Waals surface area contributed by atoms with Gasteiger partial charge in [-0.2, -0.15) is 0 Å². The first kappa shape index (κ1) is 29.3. The zero-order valence-corrected chi connectivity index (χ0v) is 25.2. The highest BCUT2D eigenvalue weighted by Crippen LogP contribution is 2.29. The van der Waals surface area contributed by atoms with E-state index >= 15 is 0 Å². The Morgan fingerprint density at radius 2 is 1.69 bits per heavy atom. The molecule has 1 saturated heterocycles. The van der Waals surface area contributed by atoms with Gasteiger partial charge in [0.1, 0.15) is 5.82 Å². The van der Waals surface area contributed by atoms with Crippen molar-refractivity contribution >= 4 is 40.0 Å². The van der Waals surface area contributed by atoms with Crippen LogP contribution in [0.3, 0.4) is 0 Å². The molecule has 2 amide bonds. The number of anilines is 3. The number of hydrogen-bond acceptors (Lipinski definition) is 6. The average molecular weight is 568 g/mol. The van der Waals surface area contributed by atoms with Crippen LogP contribution in [-0.2, 0) is 6.42 Å². The van der Waals surface area contributed by atoms with Gasteiger partial charge in [-0.25, -0.2) is 9.78 Å². The van der Waals surface area contributed by atoms with E-state index in [0.717, 1.165) is 54.9 Å². The van der Waals surface area contributed by atoms with Gasteiger partial charge in [0.25, 0.3) is 5.91 Å². The Morgan fingerprint density at radius 1 is 0.976 bits per heavy atom. The molecule has 0 spiro atoms. The summed E-state index contributed by atoms with van der Waals surface area (Å²) in [6, 6.07) is 20.4. The summed E-state index contributed by atoms with van der Waals surface area (Å²) in [5.74, 6) is 0.291. The number of nitrogens with one attached hydrogen (secondary N) is 2. The van der Waals surface area contributed by atoms with Crippen molar-refractivity contribution in [1.29, 1.82) is 0 Å². The molecule has 0 radical (unpaired) electrons. The molecule has 0 saturated carbocycles. The van der Waals surface area contributed by atoms with Crippen molar-refractivity contribution in [2.45, 2.75) is 39.3 Å². The molecule has 5 rings (SSSR count). The number of piperazine rings is 1. The van der Waals surface area contributed by atoms with Crippen LogP contribution in [0.25, 0.3) is 10.9 Å². The number of carbonyl (C=O) groups excluding carboxylic acids is 2. The number of hydrogen-bond donors (Lipinski definition) is 2. The van der Waals surface area contributed by atoms with Crippen LogP contribution >= 0.6 is 0 Å². The Balaban J connectivity index is 1.19. The standard InChI is InChI=1S/C33H41N7O2/c1-6-39-23(2)21-38(22-24(39)3)17-14-25-7-9-26(10-8-25)32(41)36-31-20-29(13-16-35-31)37(5)28-11-12-30-27(19-28)15-18-40(30)33(42)34-4/h7-13,15-16,18-20,23-24H,6,14,17,21-22H2,1-5H3,(H,34,42)(H,35,36,41)/t23-,24+. The molecule has 2 aromatic carbocycles. The van der Waals surface area contributed by atoms with Crippen LogP contribution < -0.4 is 15.5 Å². The number of nitrogens with zero attached hydrogens (tertiary/aromatic N) is 5. The maximum atomic E-state index is 13.0. The highest BCUT2D eigenvalue weighted by atomic mass is 16.2. The minimum absolute atomic E-state index is 0.180. The fraction of sp³-hybridized carbons (Fsp3) is 0.364. The van der Waals surface area contributed by atoms with Crippen molar-refractivity contribution in [2.24, 2.45) is 0 Å². The molecule has 2 N–H and O–H groups in total. The smallest absolute Gasteiger partial charge is 0.325 e. The summed E-state index contributed by atoms with van der Waals surface area (Å²) >= 11 is 0. The van der Waals surface area contributed by atoms with E-state index in [4.69, 9.17) is 0 Å². The molecule has 0 bridgehead atoms. The van der Waals surface area contributed by atoms with E-state index in [-0.39, 0.29) is 11.9 Å². The van der Waals surface area contributed by atoms with E-state index in [1.54, 1.807) is 24.0 Å². The van der Waals surface area contributed by atoms with Gasteiger partial charge in [-0.05, 0) is 74.8 Å². The number of benzene rings is 2. The number of pyridine rings is 1. The largest absolute Gasteiger partial charge is 0.344 e. The van der Waals surface area contributed by atoms with Gasteiger partial charge < -0.3 is 15.5 Å². The minimum Gasteiger partial charge on any atom is -0.344 e. The van der Waals surface area contributed by atoms with Crippen LogP contribution in [0.1, 0.15) is 36.7 Å². The van der Waals surface area contributed by atoms with Gasteiger partial charge >= 0.3 is 6.03 Å². The lowest BCUT2D eigenvalue weighted by atomic mass is 10.1. The quantitative estimate of drug-likeness (QED) is 0.304. The van der Waals surface area contributed by atoms with E-state index in [9.17, 15) is 9.59 Å². The first-order valence-electron chi connectivity index (χ1n) is 14.7. The van der Waals surface area contributed by atoms with Crippen LogP contribution in [0.5, 0.6) is 0 Å². The summed E-state index contributed by atoms with van der Waals surface area (Å²) in [5, 5.41) is 6.55. The predicted octanol–water partition coefficient (Wildman–Crippen LogP) is 5.20. The lowest BCUT2D eigenvalue weighted by Gasteiger charge is -2.44. The second kappa shape index (κ2) is 12.8. The first-order chi connectivity index (χ1) is 20.3. The molecule has 9 heteroatoms. The molecular weight excluding hydrogens is 526 g/mol. The number of aromatic nitrogens is 2. The van der Waals surface area contributed by atoms with E-state index in [1.165, 1.54) is 5.56 Å². The fourth-order valence-corrected chi connectivity index (χ4v) is 6.05. The van der Waals surface area contributed by atoms with Crippen molar-refractivity contribution in [3.8, 4) is 0 Å². The lowest BCUT2D eigenvalue weighted by Crippen LogP contribution is -2.56. The summed E-state index contributed by atoms with van der Waals surface area (Å²) in [4.78, 5) is 36.6. The molecule has 2 aromatic heterocycles. The molecule has 1 aliphatic rings. The number of rotatable bonds is 8. The van der Waals surface area contributed by atoms with Gasteiger partial charge in [-0.1, -0.05) is 19.1 Å². The number of carbonyl (C=O) groups is 2. The predicted molar refractivity (Wildman–Crippen MR) is 170 cm³/mol. The molecule has 1 fully saturated rings. The molecule has 3 heterocycles. The van der Waals surface area contributed by atoms with E-state index in [0.29, 0.717) is 23.5 Å². The van der Waals surface area contributed by atoms with Crippen LogP contribution in [0.2, 0.25) is 0 Å². The Hall–Kier alpha value is -4.21. The topological polar surface area (TPSA) is 85.7 Å². The molecular formula is C33H41N7O2. The first-order valence-corrected chi connectivity index (χ1v) is 14.7. The van der Waals surface area contributed by atoms with Crippen LogP contribution in [0.15, 0.2) is 73.1 Å². The summed E-state index contributed by atoms with van der Waals surface area (Å²) < 4.78 is 1.58. The van der Waals surface area contributed by atoms with E-state index in [1.807, 2.05) is 60.5 Å². The third kappa shape index (κ3) is 6.32. The Labute approximate surface area is 248 Å². The van der Waals surface area contributed by atoms with Crippen molar-refractivity contribution in [3.63, 3.8) is 0 Å². The van der Waals surface area contributed by atoms with Gasteiger partial charge in [-0.15, -0.1) is 0 Å². The van der Waals surface area contributed by atoms with Crippen LogP contribution in [-0.4, -0.2) is 83.6 Å². The number of fused-ring (bicyclic) bond motifs is 1. The number of amides is 2. The average Bonchev–Trinajstić information content (AvgIpc) is 3.43. The summed E-state index contributed by atoms with van der Waals surface area (Å²) in [6.07, 6.45) is 4.41. The lowest BCUT2D eigenvalue weighted by molar-refractivity contribution is 0.0439. The Morgan fingerprint density at radius 3 is 2.38 bits per heavy atom. The molecule has 2 atom stereocenters. The summed E-state index contributed by atoms with van der Waals surface area (Å²) in [7, 11) is 3.57. The van der Waals surface area contributed by atoms with Crippen molar-refractivity contribution in [2.75, 3.05) is 50.5 Å². The van der Waals surface area contributed by atoms with E-state index < -0.39 is 0 Å². The molecule has 4 aromatic rings. The third-order valence-electron chi connectivity index (χ3n) is 8.34. The monoisotopic (exact) mass is 567 g/mol. The van der Waals surface area contributed by atoms with Gasteiger partial charge in [0.05, 0.1) is 5.52 Å². The molecule has 220 valence electrons. The molecule has 42 heavy (non-hydrogen) atoms. The second-order valence-corrected chi connectivity index (χ2v) is 11.1. The molecule has 0 aliphatic carbocycles. The van der Waals surface area contributed by atoms with Gasteiger partial charge in [-0.3, -0.25) is 19.2 Å². The number of likely N-dealkylation sites (N-methyl/N-ethyl adjacent to an activating group) is 1. The fourth-order valence-electron chi connectivity index (χ4n) is 6.05. The highest BCUT2D eigenvalue weighted by molar-refractivity contribution is 6.04. The zero-order valence-electron chi connectivity index (χ0n) is 25.2. The summed E-state index contributed by atoms with van der Waals surface area (Å²) in [6.45, 7) is 11.2. The van der Waals surface area contributed by atoms with Crippen LogP contribution in [0.4, 0.5) is 22.0 Å². The van der Waals surface area contributed by atoms with Gasteiger partial charge in [0.2, 0.25) is 0 Å². The van der Waals surface area contributed by atoms with Gasteiger partial charge in [0.15, 0.2) is 0 Å². The Kier molecular flexibility index (Phi) is 8.89. The molecule has 1 aliphatic heterocycles. The molecule has 9 nitrogen and oxygen atoms in total. The van der Waals surface area contributed by atoms with Crippen LogP contribution in [0, 0.1) is 0 Å². The van der Waals surface area contributed by atoms with Crippen molar-refractivity contribution in [3.05, 3.63) is 84.2 Å². The maximum absolute atomic E-state index is 13.0. The van der Waals surface area contributed by atoms with E-state index in [2.05, 4.69) is 58.3 Å². The third-order valence-corrected chi connectivity index (χ3v) is 8.34. The normalized spacial score (nSPS) is 17.7. The Bertz CT molecular complexity index is 1540. The van der Waals surface area contributed by atoms with Crippen molar-refractivity contribution < 1.29 is 9.59 Å². The SMILES string of the molecule is CCN1[C@H](C)CN(CCc2ccc(C(=O)Nc3cc(N(C)c4ccc5c(ccn5C(=O)NC)c4)ccn3)cc2)C[C@@H]1C. The summed E-state index contributed by atoms with van der Waals surface area (Å²) in [5.41, 5.74) is 4.49. The maximum Gasteiger partial charge on any atom is 0.325 e. The van der Waals surface area contributed by atoms with Crippen molar-refractivity contribution in [1.82, 2.24) is 24.7 Å². The van der Waals surface area contributed by atoms with Gasteiger partial charge in [0, 0.05) is 86.6 Å². The minimum atomic E-state index is -0.191. The second-order valence-electron chi connectivity index (χ2n) is 11.1. The molecule has 0 unspecified atom stereocenters.